The third-order valence-corrected chi connectivity index (χ3v) is 2.54. The second kappa shape index (κ2) is 6.39. The number of ether oxygens (including phenoxy) is 2. The molecule has 0 aliphatic rings. The Balaban J connectivity index is 2.19. The first-order chi connectivity index (χ1) is 9.69. The Labute approximate surface area is 117 Å². The van der Waals surface area contributed by atoms with Gasteiger partial charge < -0.3 is 9.47 Å². The molecule has 100 valence electrons. The van der Waals surface area contributed by atoms with Crippen LogP contribution in [0, 0.1) is 11.3 Å². The summed E-state index contributed by atoms with van der Waals surface area (Å²) in [5.41, 5.74) is 0.580. The Morgan fingerprint density at radius 1 is 1.10 bits per heavy atom. The lowest BCUT2D eigenvalue weighted by Gasteiger charge is -2.11. The number of nitrogens with zero attached hydrogens (tertiary/aromatic N) is 1. The molecule has 1 atom stereocenters. The minimum atomic E-state index is -0.924. The lowest BCUT2D eigenvalue weighted by atomic mass is 10.1. The Hall–Kier alpha value is -2.80. The van der Waals surface area contributed by atoms with E-state index in [0.29, 0.717) is 17.1 Å². The molecule has 2 aromatic rings. The van der Waals surface area contributed by atoms with Crippen molar-refractivity contribution in [2.75, 3.05) is 0 Å². The third-order valence-electron chi connectivity index (χ3n) is 2.54. The summed E-state index contributed by atoms with van der Waals surface area (Å²) < 4.78 is 10.6. The number of nitriles is 1. The van der Waals surface area contributed by atoms with Crippen molar-refractivity contribution in [3.8, 4) is 17.6 Å². The maximum Gasteiger partial charge on any atom is 0.304 e. The Morgan fingerprint density at radius 3 is 2.45 bits per heavy atom. The van der Waals surface area contributed by atoms with Gasteiger partial charge in [0.1, 0.15) is 17.6 Å². The molecule has 0 radical (unpaired) electrons. The van der Waals surface area contributed by atoms with Gasteiger partial charge >= 0.3 is 5.97 Å². The SMILES string of the molecule is CC(=O)O[C@@H](C#N)c1cccc(Oc2ccccc2)c1. The van der Waals surface area contributed by atoms with Crippen molar-refractivity contribution in [2.45, 2.75) is 13.0 Å². The molecule has 0 bridgehead atoms. The minimum absolute atomic E-state index is 0.495. The van der Waals surface area contributed by atoms with Gasteiger partial charge in [0.15, 0.2) is 0 Å². The molecule has 4 nitrogen and oxygen atoms in total. The van der Waals surface area contributed by atoms with Gasteiger partial charge in [-0.2, -0.15) is 5.26 Å². The largest absolute Gasteiger partial charge is 0.457 e. The van der Waals surface area contributed by atoms with Crippen molar-refractivity contribution in [1.29, 1.82) is 5.26 Å². The van der Waals surface area contributed by atoms with Gasteiger partial charge in [-0.3, -0.25) is 4.79 Å². The van der Waals surface area contributed by atoms with Crippen molar-refractivity contribution in [1.82, 2.24) is 0 Å². The highest BCUT2D eigenvalue weighted by Crippen LogP contribution is 2.25. The van der Waals surface area contributed by atoms with Gasteiger partial charge in [0.05, 0.1) is 0 Å². The lowest BCUT2D eigenvalue weighted by Crippen LogP contribution is -2.06. The molecule has 4 heteroatoms. The second-order valence-electron chi connectivity index (χ2n) is 4.11. The molecular formula is C16H13NO3. The van der Waals surface area contributed by atoms with Gasteiger partial charge in [-0.1, -0.05) is 30.3 Å². The zero-order valence-corrected chi connectivity index (χ0v) is 10.9. The van der Waals surface area contributed by atoms with Gasteiger partial charge in [-0.15, -0.1) is 0 Å². The first-order valence-electron chi connectivity index (χ1n) is 6.09. The predicted molar refractivity (Wildman–Crippen MR) is 73.1 cm³/mol. The fraction of sp³-hybridized carbons (Fsp3) is 0.125. The summed E-state index contributed by atoms with van der Waals surface area (Å²) >= 11 is 0. The van der Waals surface area contributed by atoms with Gasteiger partial charge in [-0.05, 0) is 24.3 Å². The quantitative estimate of drug-likeness (QED) is 0.794. The van der Waals surface area contributed by atoms with Crippen LogP contribution in [0.4, 0.5) is 0 Å². The van der Waals surface area contributed by atoms with Crippen molar-refractivity contribution < 1.29 is 14.3 Å². The van der Waals surface area contributed by atoms with Crippen molar-refractivity contribution >= 4 is 5.97 Å². The van der Waals surface area contributed by atoms with Crippen LogP contribution in [0.2, 0.25) is 0 Å². The number of carbonyl (C=O) groups excluding carboxylic acids is 1. The number of benzene rings is 2. The minimum Gasteiger partial charge on any atom is -0.457 e. The van der Waals surface area contributed by atoms with E-state index in [1.807, 2.05) is 36.4 Å². The molecule has 0 unspecified atom stereocenters. The first-order valence-corrected chi connectivity index (χ1v) is 6.09. The fourth-order valence-electron chi connectivity index (χ4n) is 1.70. The number of para-hydroxylation sites is 1. The van der Waals surface area contributed by atoms with Crippen LogP contribution >= 0.6 is 0 Å². The predicted octanol–water partition coefficient (Wildman–Crippen LogP) is 3.61. The summed E-state index contributed by atoms with van der Waals surface area (Å²) in [6.07, 6.45) is -0.924. The van der Waals surface area contributed by atoms with Crippen LogP contribution in [0.1, 0.15) is 18.6 Å². The van der Waals surface area contributed by atoms with Crippen LogP contribution in [0.3, 0.4) is 0 Å². The zero-order chi connectivity index (χ0) is 14.4. The average Bonchev–Trinajstić information content (AvgIpc) is 2.46. The molecule has 0 aliphatic heterocycles. The smallest absolute Gasteiger partial charge is 0.304 e. The van der Waals surface area contributed by atoms with Crippen LogP contribution in [0.15, 0.2) is 54.6 Å². The van der Waals surface area contributed by atoms with E-state index in [-0.39, 0.29) is 0 Å². The number of hydrogen-bond donors (Lipinski definition) is 0. The Bertz CT molecular complexity index is 632. The summed E-state index contributed by atoms with van der Waals surface area (Å²) in [7, 11) is 0. The summed E-state index contributed by atoms with van der Waals surface area (Å²) in [6.45, 7) is 1.27. The highest BCUT2D eigenvalue weighted by molar-refractivity contribution is 5.66. The summed E-state index contributed by atoms with van der Waals surface area (Å²) in [6, 6.07) is 18.2. The van der Waals surface area contributed by atoms with Gasteiger partial charge in [0.25, 0.3) is 0 Å². The maximum absolute atomic E-state index is 11.0. The van der Waals surface area contributed by atoms with E-state index in [0.717, 1.165) is 0 Å². The summed E-state index contributed by atoms with van der Waals surface area (Å²) in [5.74, 6) is 0.790. The normalized spacial score (nSPS) is 11.2. The molecule has 0 spiro atoms. The van der Waals surface area contributed by atoms with Crippen LogP contribution in [-0.2, 0) is 9.53 Å². The van der Waals surface area contributed by atoms with E-state index in [1.165, 1.54) is 6.92 Å². The second-order valence-corrected chi connectivity index (χ2v) is 4.11. The molecule has 0 aliphatic carbocycles. The molecule has 0 aromatic heterocycles. The molecule has 0 amide bonds. The first kappa shape index (κ1) is 13.6. The van der Waals surface area contributed by atoms with Gasteiger partial charge in [-0.25, -0.2) is 0 Å². The van der Waals surface area contributed by atoms with Crippen molar-refractivity contribution in [2.24, 2.45) is 0 Å². The number of hydrogen-bond acceptors (Lipinski definition) is 4. The maximum atomic E-state index is 11.0. The van der Waals surface area contributed by atoms with Crippen molar-refractivity contribution in [3.63, 3.8) is 0 Å². The van der Waals surface area contributed by atoms with E-state index in [1.54, 1.807) is 24.3 Å². The molecule has 2 aromatic carbocycles. The number of esters is 1. The highest BCUT2D eigenvalue weighted by Gasteiger charge is 2.14. The molecule has 0 saturated carbocycles. The van der Waals surface area contributed by atoms with Crippen LogP contribution in [-0.4, -0.2) is 5.97 Å². The highest BCUT2D eigenvalue weighted by atomic mass is 16.5. The van der Waals surface area contributed by atoms with E-state index >= 15 is 0 Å². The molecule has 2 rings (SSSR count). The van der Waals surface area contributed by atoms with E-state index in [4.69, 9.17) is 14.7 Å². The van der Waals surface area contributed by atoms with Crippen molar-refractivity contribution in [3.05, 3.63) is 60.2 Å². The standard InChI is InChI=1S/C16H13NO3/c1-12(18)19-16(11-17)13-6-5-9-15(10-13)20-14-7-3-2-4-8-14/h2-10,16H,1H3/t16-/m0/s1. The number of rotatable bonds is 4. The Morgan fingerprint density at radius 2 is 1.80 bits per heavy atom. The molecule has 20 heavy (non-hydrogen) atoms. The van der Waals surface area contributed by atoms with Crippen LogP contribution < -0.4 is 4.74 Å². The fourth-order valence-corrected chi connectivity index (χ4v) is 1.70. The topological polar surface area (TPSA) is 59.3 Å². The average molecular weight is 267 g/mol. The molecule has 0 heterocycles. The molecule has 0 fully saturated rings. The molecule has 0 N–H and O–H groups in total. The molecular weight excluding hydrogens is 254 g/mol. The van der Waals surface area contributed by atoms with Gasteiger partial charge in [0.2, 0.25) is 6.10 Å². The Kier molecular flexibility index (Phi) is 4.35. The van der Waals surface area contributed by atoms with Gasteiger partial charge in [0, 0.05) is 12.5 Å². The molecule has 0 saturated heterocycles. The number of carbonyl (C=O) groups is 1. The monoisotopic (exact) mass is 267 g/mol. The zero-order valence-electron chi connectivity index (χ0n) is 10.9. The summed E-state index contributed by atoms with van der Waals surface area (Å²) in [4.78, 5) is 11.0. The van der Waals surface area contributed by atoms with Crippen LogP contribution in [0.5, 0.6) is 11.5 Å². The van der Waals surface area contributed by atoms with Crippen LogP contribution in [0.25, 0.3) is 0 Å². The van der Waals surface area contributed by atoms with E-state index in [9.17, 15) is 4.79 Å². The summed E-state index contributed by atoms with van der Waals surface area (Å²) in [5, 5.41) is 9.04. The third kappa shape index (κ3) is 3.59. The van der Waals surface area contributed by atoms with E-state index < -0.39 is 12.1 Å². The lowest BCUT2D eigenvalue weighted by molar-refractivity contribution is -0.144. The van der Waals surface area contributed by atoms with E-state index in [2.05, 4.69) is 0 Å².